The van der Waals surface area contributed by atoms with Crippen LogP contribution in [0.2, 0.25) is 0 Å². The Bertz CT molecular complexity index is 671. The first-order chi connectivity index (χ1) is 11.1. The third-order valence-electron chi connectivity index (χ3n) is 2.68. The Labute approximate surface area is 147 Å². The number of amides is 2. The summed E-state index contributed by atoms with van der Waals surface area (Å²) in [5.41, 5.74) is 1.27. The number of carbonyl (C=O) groups is 2. The number of anilines is 2. The number of hydrogen-bond acceptors (Lipinski definition) is 4. The van der Waals surface area contributed by atoms with Gasteiger partial charge < -0.3 is 20.1 Å². The highest BCUT2D eigenvalue weighted by Gasteiger charge is 2.06. The Balaban J connectivity index is 1.88. The highest BCUT2D eigenvalue weighted by Crippen LogP contribution is 2.17. The predicted molar refractivity (Wildman–Crippen MR) is 95.9 cm³/mol. The molecule has 6 nitrogen and oxygen atoms in total. The van der Waals surface area contributed by atoms with Gasteiger partial charge in [-0.2, -0.15) is 0 Å². The molecule has 0 aliphatic carbocycles. The summed E-state index contributed by atoms with van der Waals surface area (Å²) in [6.45, 7) is 1.94. The lowest BCUT2D eigenvalue weighted by molar-refractivity contribution is 0.104. The maximum Gasteiger partial charge on any atom is 0.513 e. The van der Waals surface area contributed by atoms with Gasteiger partial charge in [-0.15, -0.1) is 0 Å². The maximum absolute atomic E-state index is 11.9. The van der Waals surface area contributed by atoms with E-state index in [0.717, 1.165) is 3.57 Å². The molecular weight excluding hydrogens is 411 g/mol. The molecule has 2 rings (SSSR count). The number of halogens is 1. The molecule has 0 aliphatic heterocycles. The minimum absolute atomic E-state index is 0.247. The van der Waals surface area contributed by atoms with Crippen molar-refractivity contribution in [3.8, 4) is 5.75 Å². The van der Waals surface area contributed by atoms with Crippen LogP contribution in [0.3, 0.4) is 0 Å². The first-order valence-corrected chi connectivity index (χ1v) is 7.93. The first kappa shape index (κ1) is 17.1. The van der Waals surface area contributed by atoms with Crippen molar-refractivity contribution in [1.82, 2.24) is 0 Å². The van der Waals surface area contributed by atoms with Gasteiger partial charge in [0.15, 0.2) is 0 Å². The fourth-order valence-corrected chi connectivity index (χ4v) is 2.04. The largest absolute Gasteiger partial charge is 0.513 e. The average Bonchev–Trinajstić information content (AvgIpc) is 2.52. The van der Waals surface area contributed by atoms with Gasteiger partial charge in [0.1, 0.15) is 5.75 Å². The minimum atomic E-state index is -0.760. The zero-order chi connectivity index (χ0) is 16.7. The number of hydrogen-bond donors (Lipinski definition) is 2. The van der Waals surface area contributed by atoms with Crippen LogP contribution in [0.15, 0.2) is 48.5 Å². The highest BCUT2D eigenvalue weighted by molar-refractivity contribution is 14.1. The molecule has 120 valence electrons. The molecule has 0 radical (unpaired) electrons. The van der Waals surface area contributed by atoms with Crippen LogP contribution < -0.4 is 15.4 Å². The van der Waals surface area contributed by atoms with Crippen LogP contribution in [-0.4, -0.2) is 18.8 Å². The van der Waals surface area contributed by atoms with E-state index in [-0.39, 0.29) is 12.6 Å². The van der Waals surface area contributed by atoms with Crippen LogP contribution in [-0.2, 0) is 4.74 Å². The standard InChI is InChI=1S/C16H15IN2O4/c1-2-22-16(21)23-14-9-7-13(8-10-14)19-15(20)18-12-5-3-11(17)4-6-12/h3-10H,2H2,1H3,(H2,18,19,20). The van der Waals surface area contributed by atoms with Crippen LogP contribution in [0.1, 0.15) is 6.92 Å². The Hall–Kier alpha value is -2.29. The summed E-state index contributed by atoms with van der Waals surface area (Å²) in [5.74, 6) is 0.340. The van der Waals surface area contributed by atoms with E-state index in [2.05, 4.69) is 38.0 Å². The van der Waals surface area contributed by atoms with E-state index in [9.17, 15) is 9.59 Å². The van der Waals surface area contributed by atoms with E-state index in [0.29, 0.717) is 17.1 Å². The second-order valence-corrected chi connectivity index (χ2v) is 5.64. The molecule has 0 unspecified atom stereocenters. The van der Waals surface area contributed by atoms with Gasteiger partial charge in [-0.25, -0.2) is 9.59 Å². The zero-order valence-corrected chi connectivity index (χ0v) is 14.5. The quantitative estimate of drug-likeness (QED) is 0.430. The molecule has 0 fully saturated rings. The number of urea groups is 1. The van der Waals surface area contributed by atoms with Gasteiger partial charge in [0, 0.05) is 14.9 Å². The fourth-order valence-electron chi connectivity index (χ4n) is 1.68. The lowest BCUT2D eigenvalue weighted by atomic mass is 10.3. The van der Waals surface area contributed by atoms with E-state index in [1.807, 2.05) is 24.3 Å². The summed E-state index contributed by atoms with van der Waals surface area (Å²) in [5, 5.41) is 5.41. The van der Waals surface area contributed by atoms with Crippen molar-refractivity contribution in [2.75, 3.05) is 17.2 Å². The molecule has 0 aliphatic rings. The van der Waals surface area contributed by atoms with Crippen molar-refractivity contribution < 1.29 is 19.1 Å². The van der Waals surface area contributed by atoms with Crippen LogP contribution in [0.4, 0.5) is 21.0 Å². The third-order valence-corrected chi connectivity index (χ3v) is 3.40. The number of ether oxygens (including phenoxy) is 2. The summed E-state index contributed by atoms with van der Waals surface area (Å²) in [4.78, 5) is 23.1. The van der Waals surface area contributed by atoms with Gasteiger partial charge in [-0.05, 0) is 78.0 Å². The summed E-state index contributed by atoms with van der Waals surface area (Å²) in [6.07, 6.45) is -0.760. The predicted octanol–water partition coefficient (Wildman–Crippen LogP) is 4.47. The molecule has 0 aromatic heterocycles. The maximum atomic E-state index is 11.9. The van der Waals surface area contributed by atoms with Crippen LogP contribution in [0.25, 0.3) is 0 Å². The smallest absolute Gasteiger partial charge is 0.434 e. The van der Waals surface area contributed by atoms with E-state index in [1.165, 1.54) is 0 Å². The second-order valence-electron chi connectivity index (χ2n) is 4.40. The normalized spacial score (nSPS) is 9.83. The number of nitrogens with one attached hydrogen (secondary N) is 2. The summed E-state index contributed by atoms with van der Waals surface area (Å²) >= 11 is 2.19. The summed E-state index contributed by atoms with van der Waals surface area (Å²) < 4.78 is 10.7. The average molecular weight is 426 g/mol. The molecule has 0 spiro atoms. The monoisotopic (exact) mass is 426 g/mol. The Kier molecular flexibility index (Phi) is 6.21. The molecule has 23 heavy (non-hydrogen) atoms. The second kappa shape index (κ2) is 8.37. The molecule has 0 bridgehead atoms. The first-order valence-electron chi connectivity index (χ1n) is 6.85. The van der Waals surface area contributed by atoms with Crippen LogP contribution in [0, 0.1) is 3.57 Å². The van der Waals surface area contributed by atoms with Crippen molar-refractivity contribution in [2.45, 2.75) is 6.92 Å². The van der Waals surface area contributed by atoms with Crippen molar-refractivity contribution >= 4 is 46.2 Å². The molecule has 7 heteroatoms. The Morgan fingerprint density at radius 1 is 0.957 bits per heavy atom. The molecule has 0 heterocycles. The van der Waals surface area contributed by atoms with E-state index in [4.69, 9.17) is 4.74 Å². The molecule has 0 saturated carbocycles. The molecule has 2 aromatic carbocycles. The van der Waals surface area contributed by atoms with Gasteiger partial charge in [0.05, 0.1) is 6.61 Å². The fraction of sp³-hybridized carbons (Fsp3) is 0.125. The lowest BCUT2D eigenvalue weighted by Crippen LogP contribution is -2.19. The molecule has 2 amide bonds. The molecule has 2 aromatic rings. The third kappa shape index (κ3) is 5.78. The minimum Gasteiger partial charge on any atom is -0.434 e. The van der Waals surface area contributed by atoms with E-state index < -0.39 is 6.16 Å². The molecule has 0 saturated heterocycles. The van der Waals surface area contributed by atoms with Crippen molar-refractivity contribution in [1.29, 1.82) is 0 Å². The van der Waals surface area contributed by atoms with Gasteiger partial charge in [0.25, 0.3) is 0 Å². The summed E-state index contributed by atoms with van der Waals surface area (Å²) in [7, 11) is 0. The zero-order valence-electron chi connectivity index (χ0n) is 12.3. The van der Waals surface area contributed by atoms with Crippen LogP contribution in [0.5, 0.6) is 5.75 Å². The topological polar surface area (TPSA) is 76.7 Å². The van der Waals surface area contributed by atoms with E-state index in [1.54, 1.807) is 31.2 Å². The SMILES string of the molecule is CCOC(=O)Oc1ccc(NC(=O)Nc2ccc(I)cc2)cc1. The lowest BCUT2D eigenvalue weighted by Gasteiger charge is -2.09. The summed E-state index contributed by atoms with van der Waals surface area (Å²) in [6, 6.07) is 13.5. The van der Waals surface area contributed by atoms with Crippen molar-refractivity contribution in [3.63, 3.8) is 0 Å². The van der Waals surface area contributed by atoms with E-state index >= 15 is 0 Å². The highest BCUT2D eigenvalue weighted by atomic mass is 127. The molecular formula is C16H15IN2O4. The van der Waals surface area contributed by atoms with Gasteiger partial charge in [-0.3, -0.25) is 0 Å². The van der Waals surface area contributed by atoms with Crippen LogP contribution >= 0.6 is 22.6 Å². The molecule has 0 atom stereocenters. The molecule has 2 N–H and O–H groups in total. The van der Waals surface area contributed by atoms with Gasteiger partial charge in [0.2, 0.25) is 0 Å². The van der Waals surface area contributed by atoms with Crippen molar-refractivity contribution in [3.05, 3.63) is 52.1 Å². The number of benzene rings is 2. The van der Waals surface area contributed by atoms with Gasteiger partial charge >= 0.3 is 12.2 Å². The Morgan fingerprint density at radius 2 is 1.48 bits per heavy atom. The Morgan fingerprint density at radius 3 is 2.00 bits per heavy atom. The van der Waals surface area contributed by atoms with Crippen molar-refractivity contribution in [2.24, 2.45) is 0 Å². The number of rotatable bonds is 4. The van der Waals surface area contributed by atoms with Gasteiger partial charge in [-0.1, -0.05) is 0 Å². The number of carbonyl (C=O) groups excluding carboxylic acids is 2.